The monoisotopic (exact) mass is 302 g/mol. The van der Waals surface area contributed by atoms with E-state index in [9.17, 15) is 4.79 Å². The van der Waals surface area contributed by atoms with Crippen molar-refractivity contribution in [1.82, 2.24) is 5.32 Å². The van der Waals surface area contributed by atoms with Gasteiger partial charge >= 0.3 is 0 Å². The molecule has 4 rings (SSSR count). The van der Waals surface area contributed by atoms with E-state index >= 15 is 0 Å². The molecule has 1 unspecified atom stereocenters. The van der Waals surface area contributed by atoms with Crippen molar-refractivity contribution >= 4 is 5.91 Å². The number of nitrogens with two attached hydrogens (primary N) is 1. The summed E-state index contributed by atoms with van der Waals surface area (Å²) < 4.78 is 0. The number of rotatable bonds is 1. The maximum absolute atomic E-state index is 11.7. The second-order valence-corrected chi connectivity index (χ2v) is 8.87. The third-order valence-corrected chi connectivity index (χ3v) is 7.90. The molecule has 22 heavy (non-hydrogen) atoms. The van der Waals surface area contributed by atoms with Gasteiger partial charge < -0.3 is 11.1 Å². The number of nitrogens with one attached hydrogen (secondary N) is 1. The molecule has 3 nitrogen and oxygen atoms in total. The molecule has 0 bridgehead atoms. The highest BCUT2D eigenvalue weighted by atomic mass is 16.1. The predicted octanol–water partition coefficient (Wildman–Crippen LogP) is 3.00. The summed E-state index contributed by atoms with van der Waals surface area (Å²) in [5.74, 6) is 2.25. The average molecular weight is 302 g/mol. The molecule has 4 aliphatic rings. The van der Waals surface area contributed by atoms with Gasteiger partial charge in [0.25, 0.3) is 0 Å². The second kappa shape index (κ2) is 4.83. The van der Waals surface area contributed by atoms with Crippen molar-refractivity contribution in [2.45, 2.75) is 64.8 Å². The van der Waals surface area contributed by atoms with Crippen LogP contribution < -0.4 is 11.1 Å². The van der Waals surface area contributed by atoms with Crippen LogP contribution in [0.25, 0.3) is 0 Å². The van der Waals surface area contributed by atoms with Gasteiger partial charge in [-0.1, -0.05) is 26.3 Å². The number of primary amides is 1. The lowest BCUT2D eigenvalue weighted by Crippen LogP contribution is -2.59. The SMILES string of the molecule is C[C@@]12CCC[C@H]1[C@@H]1CCC3NCC(C(N)=O)=C[C@]3(C)[C@@H]1CC2. The molecular weight excluding hydrogens is 272 g/mol. The van der Waals surface area contributed by atoms with Gasteiger partial charge in [-0.15, -0.1) is 0 Å². The maximum atomic E-state index is 11.7. The molecule has 0 spiro atoms. The van der Waals surface area contributed by atoms with Crippen LogP contribution in [0.15, 0.2) is 11.6 Å². The molecule has 1 aliphatic heterocycles. The van der Waals surface area contributed by atoms with Gasteiger partial charge in [0.05, 0.1) is 0 Å². The summed E-state index contributed by atoms with van der Waals surface area (Å²) in [6.07, 6.45) is 11.9. The number of amides is 1. The van der Waals surface area contributed by atoms with Crippen molar-refractivity contribution in [3.8, 4) is 0 Å². The van der Waals surface area contributed by atoms with Crippen LogP contribution in [0.2, 0.25) is 0 Å². The van der Waals surface area contributed by atoms with Crippen LogP contribution in [0, 0.1) is 28.6 Å². The first-order valence-electron chi connectivity index (χ1n) is 9.19. The Morgan fingerprint density at radius 1 is 1.18 bits per heavy atom. The zero-order valence-electron chi connectivity index (χ0n) is 14.0. The molecule has 6 atom stereocenters. The molecule has 0 aromatic carbocycles. The number of hydrogen-bond donors (Lipinski definition) is 2. The lowest BCUT2D eigenvalue weighted by atomic mass is 9.48. The Labute approximate surface area is 134 Å². The quantitative estimate of drug-likeness (QED) is 0.782. The predicted molar refractivity (Wildman–Crippen MR) is 88.1 cm³/mol. The number of hydrogen-bond acceptors (Lipinski definition) is 2. The minimum atomic E-state index is -0.240. The molecule has 3 fully saturated rings. The Kier molecular flexibility index (Phi) is 3.24. The van der Waals surface area contributed by atoms with Crippen molar-refractivity contribution in [2.75, 3.05) is 6.54 Å². The molecule has 3 saturated carbocycles. The smallest absolute Gasteiger partial charge is 0.245 e. The van der Waals surface area contributed by atoms with Gasteiger partial charge in [-0.2, -0.15) is 0 Å². The van der Waals surface area contributed by atoms with Gasteiger partial charge in [-0.3, -0.25) is 4.79 Å². The third-order valence-electron chi connectivity index (χ3n) is 7.90. The molecule has 3 aliphatic carbocycles. The van der Waals surface area contributed by atoms with Gasteiger partial charge in [-0.25, -0.2) is 0 Å². The topological polar surface area (TPSA) is 55.1 Å². The zero-order valence-corrected chi connectivity index (χ0v) is 14.0. The Balaban J connectivity index is 1.69. The molecule has 0 aromatic rings. The van der Waals surface area contributed by atoms with Crippen LogP contribution in [0.5, 0.6) is 0 Å². The third kappa shape index (κ3) is 1.94. The van der Waals surface area contributed by atoms with Gasteiger partial charge in [0, 0.05) is 23.6 Å². The number of carbonyl (C=O) groups is 1. The first kappa shape index (κ1) is 14.7. The molecule has 0 aromatic heterocycles. The van der Waals surface area contributed by atoms with E-state index in [4.69, 9.17) is 5.73 Å². The lowest BCUT2D eigenvalue weighted by Gasteiger charge is -2.58. The first-order chi connectivity index (χ1) is 10.4. The van der Waals surface area contributed by atoms with Crippen LogP contribution in [-0.2, 0) is 4.79 Å². The fourth-order valence-electron chi connectivity index (χ4n) is 6.73. The maximum Gasteiger partial charge on any atom is 0.245 e. The molecule has 1 amide bonds. The largest absolute Gasteiger partial charge is 0.366 e. The summed E-state index contributed by atoms with van der Waals surface area (Å²) in [5, 5.41) is 3.63. The van der Waals surface area contributed by atoms with Crippen molar-refractivity contribution in [3.63, 3.8) is 0 Å². The Morgan fingerprint density at radius 3 is 2.77 bits per heavy atom. The van der Waals surface area contributed by atoms with E-state index in [1.165, 1.54) is 44.9 Å². The van der Waals surface area contributed by atoms with E-state index in [0.717, 1.165) is 23.3 Å². The molecule has 1 heterocycles. The van der Waals surface area contributed by atoms with Crippen molar-refractivity contribution in [3.05, 3.63) is 11.6 Å². The molecule has 122 valence electrons. The van der Waals surface area contributed by atoms with E-state index in [1.807, 2.05) is 0 Å². The molecule has 3 heteroatoms. The van der Waals surface area contributed by atoms with Gasteiger partial charge in [0.1, 0.15) is 0 Å². The average Bonchev–Trinajstić information content (AvgIpc) is 2.87. The molecule has 0 saturated heterocycles. The lowest BCUT2D eigenvalue weighted by molar-refractivity contribution is -0.115. The number of fused-ring (bicyclic) bond motifs is 5. The zero-order chi connectivity index (χ0) is 15.5. The minimum Gasteiger partial charge on any atom is -0.366 e. The van der Waals surface area contributed by atoms with Crippen LogP contribution in [0.1, 0.15) is 58.8 Å². The minimum absolute atomic E-state index is 0.120. The summed E-state index contributed by atoms with van der Waals surface area (Å²) in [5.41, 5.74) is 7.10. The second-order valence-electron chi connectivity index (χ2n) is 8.87. The Hall–Kier alpha value is -0.830. The number of carbonyl (C=O) groups excluding carboxylic acids is 1. The van der Waals surface area contributed by atoms with Crippen LogP contribution in [0.3, 0.4) is 0 Å². The molecular formula is C19H30N2O. The van der Waals surface area contributed by atoms with E-state index < -0.39 is 0 Å². The van der Waals surface area contributed by atoms with E-state index in [2.05, 4.69) is 25.2 Å². The van der Waals surface area contributed by atoms with Crippen molar-refractivity contribution in [2.24, 2.45) is 34.3 Å². The highest BCUT2D eigenvalue weighted by molar-refractivity contribution is 5.92. The summed E-state index contributed by atoms with van der Waals surface area (Å²) >= 11 is 0. The Bertz CT molecular complexity index is 528. The van der Waals surface area contributed by atoms with Crippen molar-refractivity contribution in [1.29, 1.82) is 0 Å². The summed E-state index contributed by atoms with van der Waals surface area (Å²) in [6, 6.07) is 0.530. The van der Waals surface area contributed by atoms with Gasteiger partial charge in [-0.05, 0) is 61.7 Å². The molecule has 0 radical (unpaired) electrons. The first-order valence-corrected chi connectivity index (χ1v) is 9.19. The standard InChI is InChI=1S/C19H30N2O/c1-18-8-3-4-14(18)13-5-6-16-19(2,15(13)7-9-18)10-12(11-21-16)17(20)22/h10,13-16,21H,3-9,11H2,1-2H3,(H2,20,22)/t13-,14-,15+,16?,18-,19+/m0/s1. The summed E-state index contributed by atoms with van der Waals surface area (Å²) in [4.78, 5) is 11.7. The van der Waals surface area contributed by atoms with Crippen LogP contribution in [0.4, 0.5) is 0 Å². The highest BCUT2D eigenvalue weighted by Gasteiger charge is 2.57. The summed E-state index contributed by atoms with van der Waals surface area (Å²) in [6.45, 7) is 5.59. The van der Waals surface area contributed by atoms with E-state index in [-0.39, 0.29) is 11.3 Å². The fourth-order valence-corrected chi connectivity index (χ4v) is 6.73. The van der Waals surface area contributed by atoms with Gasteiger partial charge in [0.15, 0.2) is 0 Å². The molecule has 3 N–H and O–H groups in total. The Morgan fingerprint density at radius 2 is 2.00 bits per heavy atom. The summed E-state index contributed by atoms with van der Waals surface area (Å²) in [7, 11) is 0. The van der Waals surface area contributed by atoms with E-state index in [1.54, 1.807) is 0 Å². The fraction of sp³-hybridized carbons (Fsp3) is 0.842. The van der Waals surface area contributed by atoms with Crippen LogP contribution >= 0.6 is 0 Å². The van der Waals surface area contributed by atoms with Crippen molar-refractivity contribution < 1.29 is 4.79 Å². The van der Waals surface area contributed by atoms with Gasteiger partial charge in [0.2, 0.25) is 5.91 Å². The van der Waals surface area contributed by atoms with E-state index in [0.29, 0.717) is 18.0 Å². The normalized spacial score (nSPS) is 50.5. The van der Waals surface area contributed by atoms with Crippen LogP contribution in [-0.4, -0.2) is 18.5 Å². The highest BCUT2D eigenvalue weighted by Crippen LogP contribution is 2.63.